The summed E-state index contributed by atoms with van der Waals surface area (Å²) in [5.41, 5.74) is 0.721. The summed E-state index contributed by atoms with van der Waals surface area (Å²) >= 11 is 0. The van der Waals surface area contributed by atoms with E-state index in [2.05, 4.69) is 20.5 Å². The molecule has 0 spiro atoms. The molecule has 3 N–H and O–H groups in total. The summed E-state index contributed by atoms with van der Waals surface area (Å²) in [7, 11) is -3.88. The second-order valence-corrected chi connectivity index (χ2v) is 17.1. The molecule has 1 saturated heterocycles. The van der Waals surface area contributed by atoms with Crippen molar-refractivity contribution >= 4 is 39.5 Å². The Morgan fingerprint density at radius 3 is 2.19 bits per heavy atom. The molecule has 0 bridgehead atoms. The first-order chi connectivity index (χ1) is 26.1. The Hall–Kier alpha value is -4.72. The zero-order valence-electron chi connectivity index (χ0n) is 30.4. The average Bonchev–Trinajstić information content (AvgIpc) is 4.04. The highest BCUT2D eigenvalue weighted by molar-refractivity contribution is 7.91. The average molecular weight is 760 g/mol. The van der Waals surface area contributed by atoms with E-state index >= 15 is 0 Å². The van der Waals surface area contributed by atoms with Crippen LogP contribution in [0.25, 0.3) is 0 Å². The molecule has 0 radical (unpaired) electrons. The van der Waals surface area contributed by atoms with Gasteiger partial charge in [0.25, 0.3) is 5.91 Å². The molecule has 4 fully saturated rings. The summed E-state index contributed by atoms with van der Waals surface area (Å²) in [5, 5.41) is 9.65. The van der Waals surface area contributed by atoms with Crippen LogP contribution in [0.15, 0.2) is 78.0 Å². The number of hydrogen-bond donors (Lipinski definition) is 3. The van der Waals surface area contributed by atoms with Gasteiger partial charge in [-0.25, -0.2) is 13.2 Å². The second-order valence-electron chi connectivity index (χ2n) is 15.2. The van der Waals surface area contributed by atoms with Crippen molar-refractivity contribution in [2.45, 2.75) is 119 Å². The third-order valence-electron chi connectivity index (χ3n) is 11.1. The van der Waals surface area contributed by atoms with E-state index in [1.54, 1.807) is 0 Å². The van der Waals surface area contributed by atoms with Gasteiger partial charge in [0.2, 0.25) is 21.8 Å². The smallest absolute Gasteiger partial charge is 0.408 e. The lowest BCUT2D eigenvalue weighted by Crippen LogP contribution is -2.58. The van der Waals surface area contributed by atoms with E-state index in [0.717, 1.165) is 49.7 Å². The highest BCUT2D eigenvalue weighted by Gasteiger charge is 2.62. The minimum Gasteiger partial charge on any atom is -0.446 e. The lowest BCUT2D eigenvalue weighted by Gasteiger charge is -2.30. The molecular formula is C40H49N5O8S. The van der Waals surface area contributed by atoms with Gasteiger partial charge in [-0.15, -0.1) is 0 Å². The molecule has 13 nitrogen and oxygen atoms in total. The fourth-order valence-corrected chi connectivity index (χ4v) is 9.13. The molecule has 2 aromatic carbocycles. The van der Waals surface area contributed by atoms with Crippen molar-refractivity contribution < 1.29 is 37.2 Å². The van der Waals surface area contributed by atoms with E-state index in [1.165, 1.54) is 4.90 Å². The number of ether oxygens (including phenoxy) is 1. The summed E-state index contributed by atoms with van der Waals surface area (Å²) in [4.78, 5) is 63.2. The number of alkyl carbamates (subject to hydrolysis) is 1. The normalized spacial score (nSPS) is 28.3. The molecule has 1 unspecified atom stereocenters. The molecule has 5 aliphatic rings. The fourth-order valence-electron chi connectivity index (χ4n) is 7.76. The summed E-state index contributed by atoms with van der Waals surface area (Å²) in [5.74, 6) is -2.27. The van der Waals surface area contributed by atoms with Crippen LogP contribution in [0.1, 0.15) is 94.6 Å². The van der Waals surface area contributed by atoms with Gasteiger partial charge >= 0.3 is 6.09 Å². The molecule has 0 aromatic heterocycles. The first kappa shape index (κ1) is 37.6. The van der Waals surface area contributed by atoms with Gasteiger partial charge in [0.15, 0.2) is 0 Å². The predicted octanol–water partition coefficient (Wildman–Crippen LogP) is 4.47. The van der Waals surface area contributed by atoms with Gasteiger partial charge in [0.05, 0.1) is 11.8 Å². The molecule has 7 rings (SSSR count). The number of nitrogens with one attached hydrogen (secondary N) is 3. The zero-order chi connectivity index (χ0) is 37.7. The van der Waals surface area contributed by atoms with Gasteiger partial charge in [-0.1, -0.05) is 90.8 Å². The fraction of sp³-hybridized carbons (Fsp3) is 0.525. The van der Waals surface area contributed by atoms with Crippen LogP contribution < -0.4 is 15.4 Å². The zero-order valence-corrected chi connectivity index (χ0v) is 31.2. The molecule has 3 aliphatic carbocycles. The number of amides is 4. The lowest BCUT2D eigenvalue weighted by atomic mass is 10.0. The maximum Gasteiger partial charge on any atom is 0.408 e. The number of nitrogens with zero attached hydrogens (tertiary/aromatic N) is 2. The van der Waals surface area contributed by atoms with Crippen LogP contribution in [-0.2, 0) is 34.0 Å². The van der Waals surface area contributed by atoms with Crippen LogP contribution in [0.4, 0.5) is 4.79 Å². The number of hydrogen-bond acceptors (Lipinski definition) is 9. The highest BCUT2D eigenvalue weighted by Crippen LogP contribution is 2.46. The number of oxime groups is 1. The van der Waals surface area contributed by atoms with Crippen LogP contribution in [0.2, 0.25) is 0 Å². The lowest BCUT2D eigenvalue weighted by molar-refractivity contribution is -0.141. The Morgan fingerprint density at radius 2 is 1.52 bits per heavy atom. The Labute approximate surface area is 316 Å². The number of fused-ring (bicyclic) bond motifs is 2. The molecule has 288 valence electrons. The van der Waals surface area contributed by atoms with Crippen LogP contribution in [0.3, 0.4) is 0 Å². The first-order valence-electron chi connectivity index (χ1n) is 19.3. The third kappa shape index (κ3) is 8.80. The molecule has 14 heteroatoms. The van der Waals surface area contributed by atoms with Gasteiger partial charge in [-0.3, -0.25) is 19.1 Å². The van der Waals surface area contributed by atoms with Crippen molar-refractivity contribution in [3.05, 3.63) is 83.9 Å². The van der Waals surface area contributed by atoms with E-state index in [1.807, 2.05) is 72.8 Å². The Balaban J connectivity index is 1.17. The van der Waals surface area contributed by atoms with E-state index in [9.17, 15) is 27.6 Å². The molecule has 2 aromatic rings. The van der Waals surface area contributed by atoms with Crippen LogP contribution in [0.5, 0.6) is 0 Å². The van der Waals surface area contributed by atoms with Crippen LogP contribution in [-0.4, -0.2) is 84.5 Å². The maximum absolute atomic E-state index is 14.5. The number of allylic oxidation sites excluding steroid dienone is 1. The monoisotopic (exact) mass is 759 g/mol. The van der Waals surface area contributed by atoms with Crippen molar-refractivity contribution in [3.63, 3.8) is 0 Å². The van der Waals surface area contributed by atoms with Gasteiger partial charge in [0.1, 0.15) is 35.5 Å². The van der Waals surface area contributed by atoms with Crippen LogP contribution in [0, 0.1) is 5.92 Å². The molecular weight excluding hydrogens is 711 g/mol. The number of carbonyl (C=O) groups is 4. The first-order valence-corrected chi connectivity index (χ1v) is 20.8. The Morgan fingerprint density at radius 1 is 0.852 bits per heavy atom. The summed E-state index contributed by atoms with van der Waals surface area (Å²) in [6.07, 6.45) is 10.3. The van der Waals surface area contributed by atoms with Gasteiger partial charge in [-0.2, -0.15) is 0 Å². The van der Waals surface area contributed by atoms with Crippen molar-refractivity contribution in [1.82, 2.24) is 20.3 Å². The second kappa shape index (κ2) is 16.3. The van der Waals surface area contributed by atoms with E-state index < -0.39 is 68.7 Å². The number of carbonyl (C=O) groups excluding carboxylic acids is 4. The highest BCUT2D eigenvalue weighted by atomic mass is 32.2. The molecule has 54 heavy (non-hydrogen) atoms. The minimum absolute atomic E-state index is 0.00822. The Kier molecular flexibility index (Phi) is 11.4. The van der Waals surface area contributed by atoms with Crippen molar-refractivity contribution in [1.29, 1.82) is 0 Å². The van der Waals surface area contributed by atoms with E-state index in [4.69, 9.17) is 9.57 Å². The third-order valence-corrected chi connectivity index (χ3v) is 12.9. The quantitative estimate of drug-likeness (QED) is 0.191. The number of benzene rings is 2. The molecule has 5 atom stereocenters. The minimum atomic E-state index is -3.88. The summed E-state index contributed by atoms with van der Waals surface area (Å²) in [6.45, 7) is -0.00822. The Bertz CT molecular complexity index is 1820. The predicted molar refractivity (Wildman–Crippen MR) is 200 cm³/mol. The summed E-state index contributed by atoms with van der Waals surface area (Å²) in [6, 6.07) is 17.0. The largest absolute Gasteiger partial charge is 0.446 e. The standard InChI is InChI=1S/C40H49N5O8S/c46-36-34-24-31(53-43-35(27-14-6-4-7-15-27)28-16-8-5-9-17-28)26-45(34)37(47)33(41-39(49)52-30-19-12-13-20-30)21-11-3-1-2-10-18-29-25-40(29,42-36)38(48)44-54(50,51)32-22-23-32/h4-10,14-18,29-34H,1-3,11-13,19-26H2,(H,41,49)(H,42,46)(H,44,48)/b18-10-/t29-,31-,33+,34+,40?/m1/s1. The van der Waals surface area contributed by atoms with Crippen molar-refractivity contribution in [2.24, 2.45) is 11.1 Å². The van der Waals surface area contributed by atoms with E-state index in [0.29, 0.717) is 37.8 Å². The molecule has 2 aliphatic heterocycles. The maximum atomic E-state index is 14.5. The number of rotatable bonds is 9. The van der Waals surface area contributed by atoms with Gasteiger partial charge in [0, 0.05) is 23.5 Å². The topological polar surface area (TPSA) is 173 Å². The van der Waals surface area contributed by atoms with Gasteiger partial charge < -0.3 is 25.1 Å². The van der Waals surface area contributed by atoms with Crippen LogP contribution >= 0.6 is 0 Å². The molecule has 3 saturated carbocycles. The SMILES string of the molecule is O=C(N[C@H]1CCCCC/C=C\[C@@H]2CC2(C(=O)NS(=O)(=O)C2CC2)NC(=O)[C@@H]2C[C@@H](ON=C(c3ccccc3)c3ccccc3)CN2C1=O)OC1CCCC1. The molecule has 2 heterocycles. The van der Waals surface area contributed by atoms with Crippen molar-refractivity contribution in [2.75, 3.05) is 6.54 Å². The summed E-state index contributed by atoms with van der Waals surface area (Å²) < 4.78 is 33.6. The molecule has 4 amide bonds. The van der Waals surface area contributed by atoms with E-state index in [-0.39, 0.29) is 25.5 Å². The number of sulfonamides is 1. The van der Waals surface area contributed by atoms with Gasteiger partial charge in [-0.05, 0) is 64.2 Å². The van der Waals surface area contributed by atoms with Crippen molar-refractivity contribution in [3.8, 4) is 0 Å².